The number of benzene rings is 1. The van der Waals surface area contributed by atoms with Crippen molar-refractivity contribution in [1.29, 1.82) is 5.26 Å². The van der Waals surface area contributed by atoms with Crippen LogP contribution in [0.5, 0.6) is 0 Å². The van der Waals surface area contributed by atoms with Crippen LogP contribution < -0.4 is 0 Å². The highest BCUT2D eigenvalue weighted by Gasteiger charge is 2.16. The average molecular weight is 324 g/mol. The quantitative estimate of drug-likeness (QED) is 0.617. The van der Waals surface area contributed by atoms with Crippen LogP contribution >= 0.6 is 23.4 Å². The number of carbonyl (C=O) groups is 1. The Morgan fingerprint density at radius 2 is 2.33 bits per heavy atom. The average Bonchev–Trinajstić information content (AvgIpc) is 2.95. The molecule has 0 radical (unpaired) electrons. The minimum atomic E-state index is -0.645. The molecule has 0 aliphatic carbocycles. The molecule has 1 aromatic carbocycles. The van der Waals surface area contributed by atoms with Crippen molar-refractivity contribution in [3.63, 3.8) is 0 Å². The van der Waals surface area contributed by atoms with Crippen molar-refractivity contribution in [2.24, 2.45) is 0 Å². The van der Waals surface area contributed by atoms with E-state index in [1.165, 1.54) is 11.8 Å². The van der Waals surface area contributed by atoms with Gasteiger partial charge in [0.1, 0.15) is 0 Å². The number of halogens is 1. The van der Waals surface area contributed by atoms with E-state index in [1.807, 2.05) is 6.07 Å². The van der Waals surface area contributed by atoms with Gasteiger partial charge in [0.05, 0.1) is 18.2 Å². The van der Waals surface area contributed by atoms with Crippen LogP contribution in [0.15, 0.2) is 27.8 Å². The Morgan fingerprint density at radius 3 is 3.00 bits per heavy atom. The number of carbonyl (C=O) groups excluding carboxylic acids is 1. The molecule has 0 N–H and O–H groups in total. The number of thioether (sulfide) groups is 1. The number of ether oxygens (including phenoxy) is 1. The lowest BCUT2D eigenvalue weighted by Gasteiger charge is -2.01. The first-order valence-electron chi connectivity index (χ1n) is 5.96. The van der Waals surface area contributed by atoms with Gasteiger partial charge in [-0.1, -0.05) is 34.5 Å². The van der Waals surface area contributed by atoms with Crippen LogP contribution in [-0.4, -0.2) is 22.8 Å². The van der Waals surface area contributed by atoms with E-state index in [0.29, 0.717) is 16.3 Å². The molecule has 0 unspecified atom stereocenters. The maximum absolute atomic E-state index is 11.4. The van der Waals surface area contributed by atoms with Crippen molar-refractivity contribution in [3.8, 4) is 6.07 Å². The molecule has 108 valence electrons. The Bertz CT molecular complexity index is 696. The van der Waals surface area contributed by atoms with Gasteiger partial charge < -0.3 is 9.15 Å². The summed E-state index contributed by atoms with van der Waals surface area (Å²) >= 11 is 7.31. The number of rotatable bonds is 5. The van der Waals surface area contributed by atoms with Gasteiger partial charge in [-0.15, -0.1) is 5.10 Å². The van der Waals surface area contributed by atoms with Gasteiger partial charge in [-0.25, -0.2) is 4.79 Å². The van der Waals surface area contributed by atoms with Gasteiger partial charge >= 0.3 is 11.9 Å². The van der Waals surface area contributed by atoms with E-state index in [1.54, 1.807) is 25.1 Å². The lowest BCUT2D eigenvalue weighted by atomic mass is 10.2. The zero-order valence-corrected chi connectivity index (χ0v) is 12.6. The molecule has 0 amide bonds. The van der Waals surface area contributed by atoms with Crippen molar-refractivity contribution in [2.45, 2.75) is 17.9 Å². The van der Waals surface area contributed by atoms with Gasteiger partial charge in [0.2, 0.25) is 0 Å². The van der Waals surface area contributed by atoms with Crippen LogP contribution in [0.2, 0.25) is 5.02 Å². The van der Waals surface area contributed by atoms with E-state index < -0.39 is 5.97 Å². The van der Waals surface area contributed by atoms with E-state index in [0.717, 1.165) is 5.56 Å². The molecule has 6 nitrogen and oxygen atoms in total. The number of aromatic nitrogens is 2. The second-order valence-corrected chi connectivity index (χ2v) is 5.13. The Hall–Kier alpha value is -2.04. The van der Waals surface area contributed by atoms with Gasteiger partial charge in [-0.3, -0.25) is 0 Å². The third kappa shape index (κ3) is 3.97. The molecule has 2 rings (SSSR count). The fraction of sp³-hybridized carbons (Fsp3) is 0.231. The topological polar surface area (TPSA) is 89.0 Å². The SMILES string of the molecule is CCOC(=O)c1nnc(SCc2ccc(C#N)cc2Cl)o1. The second kappa shape index (κ2) is 7.11. The summed E-state index contributed by atoms with van der Waals surface area (Å²) in [4.78, 5) is 11.4. The summed E-state index contributed by atoms with van der Waals surface area (Å²) in [5.74, 6) is -0.340. The van der Waals surface area contributed by atoms with Gasteiger partial charge in [-0.05, 0) is 24.6 Å². The van der Waals surface area contributed by atoms with Crippen LogP contribution in [0.25, 0.3) is 0 Å². The van der Waals surface area contributed by atoms with Crippen molar-refractivity contribution in [2.75, 3.05) is 6.61 Å². The highest BCUT2D eigenvalue weighted by molar-refractivity contribution is 7.98. The number of nitrogens with zero attached hydrogens (tertiary/aromatic N) is 3. The zero-order valence-electron chi connectivity index (χ0n) is 11.0. The number of nitriles is 1. The number of hydrogen-bond acceptors (Lipinski definition) is 7. The maximum atomic E-state index is 11.4. The zero-order chi connectivity index (χ0) is 15.2. The highest BCUT2D eigenvalue weighted by atomic mass is 35.5. The monoisotopic (exact) mass is 323 g/mol. The molecule has 0 atom stereocenters. The first-order chi connectivity index (χ1) is 10.1. The lowest BCUT2D eigenvalue weighted by Crippen LogP contribution is -2.04. The predicted molar refractivity (Wildman–Crippen MR) is 76.0 cm³/mol. The van der Waals surface area contributed by atoms with E-state index >= 15 is 0 Å². The summed E-state index contributed by atoms with van der Waals surface area (Å²) in [7, 11) is 0. The molecule has 0 fully saturated rings. The first kappa shape index (κ1) is 15.4. The minimum absolute atomic E-state index is 0.176. The van der Waals surface area contributed by atoms with Crippen LogP contribution in [0.3, 0.4) is 0 Å². The summed E-state index contributed by atoms with van der Waals surface area (Å²) in [5.41, 5.74) is 1.33. The van der Waals surface area contributed by atoms with Gasteiger partial charge in [0.15, 0.2) is 0 Å². The smallest absolute Gasteiger partial charge is 0.396 e. The van der Waals surface area contributed by atoms with Gasteiger partial charge in [0.25, 0.3) is 5.22 Å². The fourth-order valence-corrected chi connectivity index (χ4v) is 2.51. The summed E-state index contributed by atoms with van der Waals surface area (Å²) in [5, 5.41) is 16.9. The molecule has 0 aliphatic rings. The van der Waals surface area contributed by atoms with Crippen LogP contribution in [0.4, 0.5) is 0 Å². The van der Waals surface area contributed by atoms with Crippen molar-refractivity contribution >= 4 is 29.3 Å². The molecule has 0 aliphatic heterocycles. The van der Waals surface area contributed by atoms with E-state index in [9.17, 15) is 4.79 Å². The lowest BCUT2D eigenvalue weighted by molar-refractivity contribution is 0.0475. The minimum Gasteiger partial charge on any atom is -0.459 e. The van der Waals surface area contributed by atoms with Crippen LogP contribution in [0, 0.1) is 11.3 Å². The van der Waals surface area contributed by atoms with Crippen molar-refractivity contribution in [3.05, 3.63) is 40.2 Å². The molecular formula is C13H10ClN3O3S. The second-order valence-electron chi connectivity index (χ2n) is 3.80. The summed E-state index contributed by atoms with van der Waals surface area (Å²) in [6.45, 7) is 1.93. The first-order valence-corrected chi connectivity index (χ1v) is 7.32. The summed E-state index contributed by atoms with van der Waals surface area (Å²) < 4.78 is 9.93. The third-order valence-corrected chi connectivity index (χ3v) is 3.61. The Kier molecular flexibility index (Phi) is 5.20. The number of esters is 1. The molecule has 2 aromatic rings. The van der Waals surface area contributed by atoms with Crippen LogP contribution in [-0.2, 0) is 10.5 Å². The van der Waals surface area contributed by atoms with Gasteiger partial charge in [-0.2, -0.15) is 5.26 Å². The van der Waals surface area contributed by atoms with E-state index in [4.69, 9.17) is 26.0 Å². The maximum Gasteiger partial charge on any atom is 0.396 e. The molecule has 0 spiro atoms. The molecule has 1 aromatic heterocycles. The molecule has 1 heterocycles. The summed E-state index contributed by atoms with van der Waals surface area (Å²) in [6.07, 6.45) is 0. The van der Waals surface area contributed by atoms with E-state index in [2.05, 4.69) is 10.2 Å². The van der Waals surface area contributed by atoms with Crippen molar-refractivity contribution in [1.82, 2.24) is 10.2 Å². The molecular weight excluding hydrogens is 314 g/mol. The van der Waals surface area contributed by atoms with Gasteiger partial charge in [0, 0.05) is 10.8 Å². The molecule has 0 bridgehead atoms. The summed E-state index contributed by atoms with van der Waals surface area (Å²) in [6, 6.07) is 7.05. The largest absolute Gasteiger partial charge is 0.459 e. The standard InChI is InChI=1S/C13H10ClN3O3S/c1-2-19-12(18)11-16-17-13(20-11)21-7-9-4-3-8(6-15)5-10(9)14/h3-5H,2,7H2,1H3. The Morgan fingerprint density at radius 1 is 1.52 bits per heavy atom. The normalized spacial score (nSPS) is 10.1. The highest BCUT2D eigenvalue weighted by Crippen LogP contribution is 2.26. The Balaban J connectivity index is 2.00. The fourth-order valence-electron chi connectivity index (χ4n) is 1.42. The van der Waals surface area contributed by atoms with E-state index in [-0.39, 0.29) is 17.7 Å². The van der Waals surface area contributed by atoms with Crippen LogP contribution in [0.1, 0.15) is 28.7 Å². The molecule has 21 heavy (non-hydrogen) atoms. The molecule has 0 saturated heterocycles. The molecule has 0 saturated carbocycles. The van der Waals surface area contributed by atoms with Crippen molar-refractivity contribution < 1.29 is 13.9 Å². The third-order valence-electron chi connectivity index (χ3n) is 2.39. The number of hydrogen-bond donors (Lipinski definition) is 0. The predicted octanol–water partition coefficient (Wildman–Crippen LogP) is 3.06. The molecule has 8 heteroatoms. The Labute approximate surface area is 130 Å².